The van der Waals surface area contributed by atoms with Crippen molar-refractivity contribution in [1.82, 2.24) is 0 Å². The Morgan fingerprint density at radius 3 is 2.43 bits per heavy atom. The van der Waals surface area contributed by atoms with Crippen LogP contribution >= 0.6 is 0 Å². The van der Waals surface area contributed by atoms with Gasteiger partial charge in [0.25, 0.3) is 0 Å². The van der Waals surface area contributed by atoms with Gasteiger partial charge in [-0.1, -0.05) is 54.6 Å². The normalized spacial score (nSPS) is 14.7. The zero-order chi connectivity index (χ0) is 21.1. The molecule has 0 saturated heterocycles. The van der Waals surface area contributed by atoms with Gasteiger partial charge in [0.05, 0.1) is 0 Å². The first-order chi connectivity index (χ1) is 14.4. The highest BCUT2D eigenvalue weighted by molar-refractivity contribution is 5.99. The van der Waals surface area contributed by atoms with E-state index in [0.29, 0.717) is 29.2 Å². The summed E-state index contributed by atoms with van der Waals surface area (Å²) < 4.78 is 30.4. The number of benzene rings is 3. The Morgan fingerprint density at radius 1 is 0.967 bits per heavy atom. The Kier molecular flexibility index (Phi) is 5.27. The molecule has 0 bridgehead atoms. The van der Waals surface area contributed by atoms with E-state index in [-0.39, 0.29) is 5.82 Å². The van der Waals surface area contributed by atoms with E-state index >= 15 is 0 Å². The molecule has 30 heavy (non-hydrogen) atoms. The number of carbonyl (C=O) groups is 1. The first-order valence-corrected chi connectivity index (χ1v) is 9.60. The van der Waals surface area contributed by atoms with Gasteiger partial charge in [-0.2, -0.15) is 0 Å². The molecule has 5 heteroatoms. The average Bonchev–Trinajstić information content (AvgIpc) is 2.71. The summed E-state index contributed by atoms with van der Waals surface area (Å²) in [5, 5.41) is 0. The highest BCUT2D eigenvalue weighted by Crippen LogP contribution is 2.37. The van der Waals surface area contributed by atoms with Crippen LogP contribution in [0.15, 0.2) is 66.7 Å². The number of cyclic esters (lactones) is 1. The van der Waals surface area contributed by atoms with Gasteiger partial charge in [-0.15, -0.1) is 0 Å². The van der Waals surface area contributed by atoms with Crippen molar-refractivity contribution in [3.63, 3.8) is 0 Å². The molecule has 4 nitrogen and oxygen atoms in total. The van der Waals surface area contributed by atoms with Gasteiger partial charge < -0.3 is 14.2 Å². The minimum Gasteiger partial charge on any atom is -0.489 e. The first-order valence-electron chi connectivity index (χ1n) is 9.60. The van der Waals surface area contributed by atoms with Crippen LogP contribution in [0.25, 0.3) is 12.2 Å². The van der Waals surface area contributed by atoms with Crippen LogP contribution in [-0.4, -0.2) is 11.8 Å². The second kappa shape index (κ2) is 8.03. The number of esters is 1. The second-order valence-corrected chi connectivity index (χ2v) is 7.44. The molecule has 152 valence electrons. The number of halogens is 1. The van der Waals surface area contributed by atoms with Crippen LogP contribution < -0.4 is 9.47 Å². The van der Waals surface area contributed by atoms with Gasteiger partial charge in [-0.05, 0) is 34.9 Å². The summed E-state index contributed by atoms with van der Waals surface area (Å²) in [6.45, 7) is 3.74. The minimum atomic E-state index is -1.07. The van der Waals surface area contributed by atoms with Crippen LogP contribution in [0.2, 0.25) is 0 Å². The lowest BCUT2D eigenvalue weighted by Crippen LogP contribution is -2.39. The molecular formula is C25H21FO4. The summed E-state index contributed by atoms with van der Waals surface area (Å²) in [4.78, 5) is 12.6. The molecule has 4 rings (SSSR count). The predicted molar refractivity (Wildman–Crippen MR) is 113 cm³/mol. The maximum absolute atomic E-state index is 13.2. The van der Waals surface area contributed by atoms with E-state index in [0.717, 1.165) is 11.1 Å². The summed E-state index contributed by atoms with van der Waals surface area (Å²) in [6, 6.07) is 19.4. The number of fused-ring (bicyclic) bond motifs is 1. The van der Waals surface area contributed by atoms with E-state index in [1.807, 2.05) is 30.3 Å². The highest BCUT2D eigenvalue weighted by Gasteiger charge is 2.35. The van der Waals surface area contributed by atoms with Crippen LogP contribution in [0, 0.1) is 5.82 Å². The van der Waals surface area contributed by atoms with E-state index in [9.17, 15) is 9.18 Å². The molecule has 0 amide bonds. The number of hydrogen-bond donors (Lipinski definition) is 0. The molecular weight excluding hydrogens is 383 g/mol. The summed E-state index contributed by atoms with van der Waals surface area (Å²) >= 11 is 0. The molecule has 0 spiro atoms. The van der Waals surface area contributed by atoms with Crippen molar-refractivity contribution >= 4 is 18.1 Å². The quantitative estimate of drug-likeness (QED) is 0.395. The molecule has 0 aromatic heterocycles. The van der Waals surface area contributed by atoms with Gasteiger partial charge in [-0.3, -0.25) is 0 Å². The van der Waals surface area contributed by atoms with Crippen molar-refractivity contribution in [1.29, 1.82) is 0 Å². The van der Waals surface area contributed by atoms with Crippen molar-refractivity contribution in [2.24, 2.45) is 0 Å². The number of hydrogen-bond acceptors (Lipinski definition) is 4. The van der Waals surface area contributed by atoms with Crippen LogP contribution in [0.1, 0.15) is 40.9 Å². The maximum atomic E-state index is 13.2. The van der Waals surface area contributed by atoms with Crippen LogP contribution in [0.4, 0.5) is 4.39 Å². The van der Waals surface area contributed by atoms with Gasteiger partial charge in [0.1, 0.15) is 29.5 Å². The average molecular weight is 404 g/mol. The van der Waals surface area contributed by atoms with Gasteiger partial charge in [0.15, 0.2) is 0 Å². The van der Waals surface area contributed by atoms with Crippen LogP contribution in [-0.2, 0) is 11.3 Å². The SMILES string of the molecule is CC1(C)OC(=O)c2c(C=Cc3ccc(F)cc3)cc(OCc3ccccc3)cc2O1. The molecule has 1 aliphatic rings. The molecule has 1 heterocycles. The molecule has 1 aliphatic heterocycles. The van der Waals surface area contributed by atoms with Crippen molar-refractivity contribution in [3.05, 3.63) is 94.8 Å². The number of ether oxygens (including phenoxy) is 3. The van der Waals surface area contributed by atoms with E-state index in [2.05, 4.69) is 0 Å². The van der Waals surface area contributed by atoms with Crippen LogP contribution in [0.3, 0.4) is 0 Å². The fourth-order valence-electron chi connectivity index (χ4n) is 3.19. The molecule has 0 N–H and O–H groups in total. The Bertz CT molecular complexity index is 1090. The summed E-state index contributed by atoms with van der Waals surface area (Å²) in [5.74, 6) is -0.864. The predicted octanol–water partition coefficient (Wildman–Crippen LogP) is 5.86. The molecule has 3 aromatic carbocycles. The fraction of sp³-hybridized carbons (Fsp3) is 0.160. The van der Waals surface area contributed by atoms with Crippen molar-refractivity contribution < 1.29 is 23.4 Å². The zero-order valence-electron chi connectivity index (χ0n) is 16.7. The lowest BCUT2D eigenvalue weighted by Gasteiger charge is -2.32. The third-order valence-corrected chi connectivity index (χ3v) is 4.58. The summed E-state index contributed by atoms with van der Waals surface area (Å²) in [7, 11) is 0. The molecule has 0 saturated carbocycles. The topological polar surface area (TPSA) is 44.8 Å². The molecule has 0 fully saturated rings. The first kappa shape index (κ1) is 19.7. The fourth-order valence-corrected chi connectivity index (χ4v) is 3.19. The molecule has 0 atom stereocenters. The van der Waals surface area contributed by atoms with Gasteiger partial charge in [-0.25, -0.2) is 9.18 Å². The molecule has 3 aromatic rings. The van der Waals surface area contributed by atoms with E-state index < -0.39 is 11.8 Å². The monoisotopic (exact) mass is 404 g/mol. The third-order valence-electron chi connectivity index (χ3n) is 4.58. The second-order valence-electron chi connectivity index (χ2n) is 7.44. The van der Waals surface area contributed by atoms with Crippen LogP contribution in [0.5, 0.6) is 11.5 Å². The Hall–Kier alpha value is -3.60. The standard InChI is InChI=1S/C25H21FO4/c1-25(2)29-22-15-21(28-16-18-6-4-3-5-7-18)14-19(23(22)24(27)30-25)11-8-17-9-12-20(26)13-10-17/h3-15H,16H2,1-2H3. The summed E-state index contributed by atoms with van der Waals surface area (Å²) in [5.41, 5.74) is 2.76. The van der Waals surface area contributed by atoms with Gasteiger partial charge in [0.2, 0.25) is 5.79 Å². The van der Waals surface area contributed by atoms with Gasteiger partial charge >= 0.3 is 5.97 Å². The van der Waals surface area contributed by atoms with Crippen molar-refractivity contribution in [3.8, 4) is 11.5 Å². The number of rotatable bonds is 5. The summed E-state index contributed by atoms with van der Waals surface area (Å²) in [6.07, 6.45) is 3.56. The zero-order valence-corrected chi connectivity index (χ0v) is 16.7. The number of carbonyl (C=O) groups excluding carboxylic acids is 1. The minimum absolute atomic E-state index is 0.306. The highest BCUT2D eigenvalue weighted by atomic mass is 19.1. The lowest BCUT2D eigenvalue weighted by molar-refractivity contribution is -0.127. The van der Waals surface area contributed by atoms with E-state index in [1.54, 1.807) is 50.3 Å². The van der Waals surface area contributed by atoms with E-state index in [4.69, 9.17) is 14.2 Å². The Labute approximate surface area is 174 Å². The van der Waals surface area contributed by atoms with Crippen molar-refractivity contribution in [2.45, 2.75) is 26.2 Å². The maximum Gasteiger partial charge on any atom is 0.345 e. The van der Waals surface area contributed by atoms with Gasteiger partial charge in [0, 0.05) is 19.9 Å². The lowest BCUT2D eigenvalue weighted by atomic mass is 10.0. The Balaban J connectivity index is 1.69. The Morgan fingerprint density at radius 2 is 1.70 bits per heavy atom. The van der Waals surface area contributed by atoms with Crippen molar-refractivity contribution in [2.75, 3.05) is 0 Å². The molecule has 0 aliphatic carbocycles. The largest absolute Gasteiger partial charge is 0.489 e. The third kappa shape index (κ3) is 4.51. The van der Waals surface area contributed by atoms with E-state index in [1.165, 1.54) is 12.1 Å². The molecule has 0 unspecified atom stereocenters. The molecule has 0 radical (unpaired) electrons. The smallest absolute Gasteiger partial charge is 0.345 e.